The molecule has 0 saturated carbocycles. The summed E-state index contributed by atoms with van der Waals surface area (Å²) in [7, 11) is -0.577. The van der Waals surface area contributed by atoms with E-state index in [0.717, 1.165) is 36.4 Å². The molecule has 0 aliphatic rings. The Morgan fingerprint density at radius 3 is 2.54 bits per heavy atom. The number of fused-ring (bicyclic) bond motifs is 1. The van der Waals surface area contributed by atoms with Crippen LogP contribution >= 0.6 is 11.3 Å². The number of rotatable bonds is 4. The molecule has 3 aromatic rings. The molecule has 0 amide bonds. The van der Waals surface area contributed by atoms with Gasteiger partial charge in [-0.25, -0.2) is 9.97 Å². The number of anilines is 1. The van der Waals surface area contributed by atoms with Gasteiger partial charge in [0.05, 0.1) is 26.8 Å². The minimum atomic E-state index is -3.54. The molecule has 126 valence electrons. The molecule has 0 atom stereocenters. The number of benzene rings is 1. The minimum absolute atomic E-state index is 0.487. The third kappa shape index (κ3) is 3.26. The molecular formula is C16H18N4O2S2. The first-order valence-electron chi connectivity index (χ1n) is 7.31. The molecule has 0 bridgehead atoms. The second-order valence-electron chi connectivity index (χ2n) is 5.69. The number of nitrogens with zero attached hydrogens (tertiary/aromatic N) is 3. The summed E-state index contributed by atoms with van der Waals surface area (Å²) >= 11 is 1.58. The van der Waals surface area contributed by atoms with E-state index in [4.69, 9.17) is 0 Å². The van der Waals surface area contributed by atoms with Crippen LogP contribution in [0.15, 0.2) is 30.5 Å². The van der Waals surface area contributed by atoms with Crippen LogP contribution in [0.4, 0.5) is 5.69 Å². The molecule has 0 aliphatic carbocycles. The van der Waals surface area contributed by atoms with Crippen molar-refractivity contribution in [1.82, 2.24) is 14.3 Å². The monoisotopic (exact) mass is 362 g/mol. The van der Waals surface area contributed by atoms with Gasteiger partial charge in [0.1, 0.15) is 0 Å². The molecule has 2 heterocycles. The number of hydrogen-bond donors (Lipinski definition) is 1. The van der Waals surface area contributed by atoms with E-state index >= 15 is 0 Å². The van der Waals surface area contributed by atoms with Gasteiger partial charge in [-0.05, 0) is 37.6 Å². The standard InChI is InChI=1S/C16H18N4O2S2/c1-10-7-15(16-9-17-11(2)23-16)18-14-8-12(5-6-13(10)14)19-24(21,22)20(3)4/h5-9,19H,1-4H3. The summed E-state index contributed by atoms with van der Waals surface area (Å²) in [5.41, 5.74) is 3.16. The highest BCUT2D eigenvalue weighted by Gasteiger charge is 2.14. The van der Waals surface area contributed by atoms with E-state index in [1.165, 1.54) is 14.1 Å². The predicted octanol–water partition coefficient (Wildman–Crippen LogP) is 3.19. The fourth-order valence-corrected chi connectivity index (χ4v) is 3.66. The smallest absolute Gasteiger partial charge is 0.271 e. The molecule has 0 fully saturated rings. The van der Waals surface area contributed by atoms with Crippen molar-refractivity contribution < 1.29 is 8.42 Å². The predicted molar refractivity (Wildman–Crippen MR) is 98.6 cm³/mol. The van der Waals surface area contributed by atoms with Gasteiger partial charge in [0, 0.05) is 25.7 Å². The molecule has 1 N–H and O–H groups in total. The van der Waals surface area contributed by atoms with Crippen molar-refractivity contribution in [3.63, 3.8) is 0 Å². The van der Waals surface area contributed by atoms with Gasteiger partial charge in [0.15, 0.2) is 0 Å². The molecule has 0 saturated heterocycles. The average Bonchev–Trinajstić information content (AvgIpc) is 2.93. The fraction of sp³-hybridized carbons (Fsp3) is 0.250. The molecular weight excluding hydrogens is 344 g/mol. The van der Waals surface area contributed by atoms with E-state index in [1.807, 2.05) is 32.2 Å². The summed E-state index contributed by atoms with van der Waals surface area (Å²) in [6, 6.07) is 7.40. The van der Waals surface area contributed by atoms with Crippen LogP contribution in [0.1, 0.15) is 10.6 Å². The topological polar surface area (TPSA) is 75.2 Å². The molecule has 0 spiro atoms. The SMILES string of the molecule is Cc1ncc(-c2cc(C)c3ccc(NS(=O)(=O)N(C)C)cc3n2)s1. The summed E-state index contributed by atoms with van der Waals surface area (Å²) in [4.78, 5) is 9.94. The Balaban J connectivity index is 2.08. The van der Waals surface area contributed by atoms with Crippen LogP contribution in [0.5, 0.6) is 0 Å². The largest absolute Gasteiger partial charge is 0.301 e. The van der Waals surface area contributed by atoms with Crippen molar-refractivity contribution in [2.45, 2.75) is 13.8 Å². The summed E-state index contributed by atoms with van der Waals surface area (Å²) in [6.45, 7) is 3.97. The number of hydrogen-bond acceptors (Lipinski definition) is 5. The molecule has 6 nitrogen and oxygen atoms in total. The third-order valence-corrected chi connectivity index (χ3v) is 6.01. The Bertz CT molecular complexity index is 1010. The molecule has 24 heavy (non-hydrogen) atoms. The number of aromatic nitrogens is 2. The number of pyridine rings is 1. The molecule has 2 aromatic heterocycles. The first-order chi connectivity index (χ1) is 11.3. The zero-order chi connectivity index (χ0) is 17.5. The lowest BCUT2D eigenvalue weighted by Gasteiger charge is -2.14. The first kappa shape index (κ1) is 16.8. The molecule has 0 radical (unpaired) electrons. The Hall–Kier alpha value is -2.03. The maximum Gasteiger partial charge on any atom is 0.301 e. The summed E-state index contributed by atoms with van der Waals surface area (Å²) in [5.74, 6) is 0. The van der Waals surface area contributed by atoms with Gasteiger partial charge < -0.3 is 0 Å². The second-order valence-corrected chi connectivity index (χ2v) is 8.81. The van der Waals surface area contributed by atoms with Crippen LogP contribution in [-0.4, -0.2) is 36.8 Å². The highest BCUT2D eigenvalue weighted by atomic mass is 32.2. The van der Waals surface area contributed by atoms with Crippen molar-refractivity contribution >= 4 is 38.1 Å². The van der Waals surface area contributed by atoms with Crippen LogP contribution in [0.25, 0.3) is 21.5 Å². The first-order valence-corrected chi connectivity index (χ1v) is 9.56. The van der Waals surface area contributed by atoms with Crippen molar-refractivity contribution in [2.24, 2.45) is 0 Å². The van der Waals surface area contributed by atoms with Gasteiger partial charge in [-0.3, -0.25) is 4.72 Å². The zero-order valence-corrected chi connectivity index (χ0v) is 15.5. The average molecular weight is 362 g/mol. The molecule has 1 aromatic carbocycles. The van der Waals surface area contributed by atoms with Crippen LogP contribution in [0, 0.1) is 13.8 Å². The van der Waals surface area contributed by atoms with E-state index < -0.39 is 10.2 Å². The van der Waals surface area contributed by atoms with Gasteiger partial charge in [0.25, 0.3) is 0 Å². The van der Waals surface area contributed by atoms with Crippen LogP contribution in [0.2, 0.25) is 0 Å². The lowest BCUT2D eigenvalue weighted by Crippen LogP contribution is -2.28. The van der Waals surface area contributed by atoms with Crippen molar-refractivity contribution in [1.29, 1.82) is 0 Å². The Kier molecular flexibility index (Phi) is 4.29. The highest BCUT2D eigenvalue weighted by molar-refractivity contribution is 7.90. The summed E-state index contributed by atoms with van der Waals surface area (Å²) < 4.78 is 27.6. The van der Waals surface area contributed by atoms with Crippen molar-refractivity contribution in [2.75, 3.05) is 18.8 Å². The lowest BCUT2D eigenvalue weighted by molar-refractivity contribution is 0.527. The van der Waals surface area contributed by atoms with E-state index in [-0.39, 0.29) is 0 Å². The molecule has 0 aliphatic heterocycles. The van der Waals surface area contributed by atoms with E-state index in [9.17, 15) is 8.42 Å². The van der Waals surface area contributed by atoms with Crippen molar-refractivity contribution in [3.05, 3.63) is 41.0 Å². The van der Waals surface area contributed by atoms with Gasteiger partial charge in [-0.1, -0.05) is 6.07 Å². The normalized spacial score (nSPS) is 12.0. The minimum Gasteiger partial charge on any atom is -0.271 e. The molecule has 0 unspecified atom stereocenters. The van der Waals surface area contributed by atoms with Gasteiger partial charge in [-0.15, -0.1) is 11.3 Å². The maximum absolute atomic E-state index is 12.0. The van der Waals surface area contributed by atoms with Gasteiger partial charge in [0.2, 0.25) is 0 Å². The molecule has 3 rings (SSSR count). The molecule has 8 heteroatoms. The van der Waals surface area contributed by atoms with Crippen LogP contribution in [0.3, 0.4) is 0 Å². The quantitative estimate of drug-likeness (QED) is 0.773. The van der Waals surface area contributed by atoms with Crippen LogP contribution < -0.4 is 4.72 Å². The van der Waals surface area contributed by atoms with Crippen LogP contribution in [-0.2, 0) is 10.2 Å². The Morgan fingerprint density at radius 1 is 1.17 bits per heavy atom. The van der Waals surface area contributed by atoms with E-state index in [1.54, 1.807) is 23.5 Å². The fourth-order valence-electron chi connectivity index (χ4n) is 2.31. The van der Waals surface area contributed by atoms with E-state index in [0.29, 0.717) is 5.69 Å². The number of thiazole rings is 1. The number of aryl methyl sites for hydroxylation is 2. The van der Waals surface area contributed by atoms with Gasteiger partial charge in [-0.2, -0.15) is 12.7 Å². The summed E-state index contributed by atoms with van der Waals surface area (Å²) in [6.07, 6.45) is 1.81. The van der Waals surface area contributed by atoms with E-state index in [2.05, 4.69) is 14.7 Å². The lowest BCUT2D eigenvalue weighted by atomic mass is 10.1. The van der Waals surface area contributed by atoms with Gasteiger partial charge >= 0.3 is 10.2 Å². The Morgan fingerprint density at radius 2 is 1.92 bits per heavy atom. The second kappa shape index (κ2) is 6.12. The number of nitrogens with one attached hydrogen (secondary N) is 1. The maximum atomic E-state index is 12.0. The zero-order valence-electron chi connectivity index (χ0n) is 13.9. The highest BCUT2D eigenvalue weighted by Crippen LogP contribution is 2.29. The summed E-state index contributed by atoms with van der Waals surface area (Å²) in [5, 5.41) is 1.98. The Labute approximate surface area is 145 Å². The third-order valence-electron chi connectivity index (χ3n) is 3.62. The van der Waals surface area contributed by atoms with Crippen molar-refractivity contribution in [3.8, 4) is 10.6 Å².